The normalized spacial score (nSPS) is 23.0. The van der Waals surface area contributed by atoms with Gasteiger partial charge in [0.1, 0.15) is 12.1 Å². The van der Waals surface area contributed by atoms with E-state index in [1.54, 1.807) is 28.9 Å². The van der Waals surface area contributed by atoms with Crippen LogP contribution in [-0.4, -0.2) is 59.9 Å². The molecule has 0 aliphatic carbocycles. The number of benzene rings is 2. The second-order valence-electron chi connectivity index (χ2n) is 8.82. The number of nitriles is 1. The van der Waals surface area contributed by atoms with E-state index in [0.717, 1.165) is 10.5 Å². The van der Waals surface area contributed by atoms with Gasteiger partial charge in [-0.2, -0.15) is 5.26 Å². The van der Waals surface area contributed by atoms with Crippen LogP contribution in [0.4, 0.5) is 10.5 Å². The van der Waals surface area contributed by atoms with Gasteiger partial charge in [-0.1, -0.05) is 29.3 Å². The summed E-state index contributed by atoms with van der Waals surface area (Å²) in [6, 6.07) is 9.40. The lowest BCUT2D eigenvalue weighted by atomic mass is 10.1. The Morgan fingerprint density at radius 1 is 1.17 bits per heavy atom. The van der Waals surface area contributed by atoms with Crippen LogP contribution in [0.1, 0.15) is 23.1 Å². The van der Waals surface area contributed by atoms with Crippen molar-refractivity contribution in [3.05, 3.63) is 58.1 Å². The van der Waals surface area contributed by atoms with E-state index >= 15 is 0 Å². The molecule has 0 radical (unpaired) electrons. The number of aryl methyl sites for hydroxylation is 1. The molecular formula is C23H20ClN5O4S2. The Kier molecular flexibility index (Phi) is 5.51. The average Bonchev–Trinajstić information content (AvgIpc) is 3.47. The summed E-state index contributed by atoms with van der Waals surface area (Å²) in [4.78, 5) is 31.1. The second-order valence-corrected chi connectivity index (χ2v) is 11.3. The maximum absolute atomic E-state index is 13.5. The number of sulfonamides is 1. The summed E-state index contributed by atoms with van der Waals surface area (Å²) >= 11 is 11.7. The first-order valence-corrected chi connectivity index (χ1v) is 13.1. The van der Waals surface area contributed by atoms with E-state index in [1.807, 2.05) is 13.0 Å². The molecule has 2 bridgehead atoms. The van der Waals surface area contributed by atoms with Gasteiger partial charge in [0.2, 0.25) is 0 Å². The van der Waals surface area contributed by atoms with Gasteiger partial charge in [0, 0.05) is 6.54 Å². The predicted octanol–water partition coefficient (Wildman–Crippen LogP) is 2.69. The highest BCUT2D eigenvalue weighted by Gasteiger charge is 2.62. The molecule has 2 unspecified atom stereocenters. The first-order valence-electron chi connectivity index (χ1n) is 10.8. The lowest BCUT2D eigenvalue weighted by molar-refractivity contribution is -0.120. The van der Waals surface area contributed by atoms with E-state index in [2.05, 4.69) is 4.72 Å². The maximum Gasteiger partial charge on any atom is 0.332 e. The van der Waals surface area contributed by atoms with Crippen molar-refractivity contribution < 1.29 is 18.0 Å². The first kappa shape index (κ1) is 23.5. The van der Waals surface area contributed by atoms with Crippen LogP contribution < -0.4 is 9.62 Å². The van der Waals surface area contributed by atoms with Crippen LogP contribution in [0.15, 0.2) is 41.3 Å². The Bertz CT molecular complexity index is 1440. The number of nitrogens with zero attached hydrogens (tertiary/aromatic N) is 4. The number of amides is 3. The first-order chi connectivity index (χ1) is 16.5. The maximum atomic E-state index is 13.5. The van der Waals surface area contributed by atoms with E-state index < -0.39 is 34.0 Å². The van der Waals surface area contributed by atoms with Gasteiger partial charge >= 0.3 is 6.03 Å². The van der Waals surface area contributed by atoms with Crippen molar-refractivity contribution >= 4 is 56.6 Å². The summed E-state index contributed by atoms with van der Waals surface area (Å²) < 4.78 is 28.1. The standard InChI is InChI=1S/C23H20ClN5O4S2/c1-12-3-6-16(7-4-12)35(32,33)26-22(34)27-11-15-9-18(27)20-21(30)29(23(31)28(15)20)17-8-5-14(10-25)19(24)13(17)2/h3-8,15,18,20H,9,11H2,1-2H3,(H,26,34)/t15?,18?,20-/m1/s1. The van der Waals surface area contributed by atoms with E-state index in [4.69, 9.17) is 23.8 Å². The minimum Gasteiger partial charge on any atom is -0.341 e. The van der Waals surface area contributed by atoms with Gasteiger partial charge in [-0.05, 0) is 62.3 Å². The van der Waals surface area contributed by atoms with Crippen molar-refractivity contribution in [2.75, 3.05) is 11.4 Å². The molecule has 9 nitrogen and oxygen atoms in total. The van der Waals surface area contributed by atoms with Crippen LogP contribution in [-0.2, 0) is 14.8 Å². The predicted molar refractivity (Wildman–Crippen MR) is 132 cm³/mol. The Labute approximate surface area is 212 Å². The third-order valence-electron chi connectivity index (χ3n) is 6.80. The number of hydrogen-bond donors (Lipinski definition) is 1. The van der Waals surface area contributed by atoms with Crippen LogP contribution in [0.3, 0.4) is 0 Å². The number of carbonyl (C=O) groups is 2. The van der Waals surface area contributed by atoms with E-state index in [0.29, 0.717) is 24.2 Å². The lowest BCUT2D eigenvalue weighted by Crippen LogP contribution is -2.57. The van der Waals surface area contributed by atoms with Gasteiger partial charge in [-0.25, -0.2) is 18.1 Å². The van der Waals surface area contributed by atoms with E-state index in [-0.39, 0.29) is 26.6 Å². The minimum atomic E-state index is -3.90. The Morgan fingerprint density at radius 2 is 1.86 bits per heavy atom. The number of likely N-dealkylation sites (tertiary alicyclic amines) is 1. The van der Waals surface area contributed by atoms with Crippen LogP contribution in [0.2, 0.25) is 5.02 Å². The van der Waals surface area contributed by atoms with Gasteiger partial charge in [0.25, 0.3) is 15.9 Å². The van der Waals surface area contributed by atoms with Crippen molar-refractivity contribution in [2.24, 2.45) is 0 Å². The molecule has 5 rings (SSSR count). The molecular weight excluding hydrogens is 510 g/mol. The number of rotatable bonds is 3. The third kappa shape index (κ3) is 3.55. The summed E-state index contributed by atoms with van der Waals surface area (Å²) in [5.41, 5.74) is 1.97. The molecule has 0 saturated carbocycles. The topological polar surface area (TPSA) is 114 Å². The van der Waals surface area contributed by atoms with Crippen LogP contribution >= 0.6 is 23.8 Å². The van der Waals surface area contributed by atoms with E-state index in [9.17, 15) is 23.3 Å². The zero-order valence-corrected chi connectivity index (χ0v) is 21.1. The van der Waals surface area contributed by atoms with E-state index in [1.165, 1.54) is 24.3 Å². The zero-order chi connectivity index (χ0) is 25.2. The quantitative estimate of drug-likeness (QED) is 0.480. The highest BCUT2D eigenvalue weighted by Crippen LogP contribution is 2.43. The molecule has 0 spiro atoms. The molecule has 2 aromatic carbocycles. The third-order valence-corrected chi connectivity index (χ3v) is 9.11. The smallest absolute Gasteiger partial charge is 0.332 e. The summed E-state index contributed by atoms with van der Waals surface area (Å²) in [7, 11) is -3.90. The monoisotopic (exact) mass is 529 g/mol. The van der Waals surface area contributed by atoms with Crippen molar-refractivity contribution in [1.82, 2.24) is 14.5 Å². The number of imide groups is 1. The average molecular weight is 530 g/mol. The number of nitrogens with one attached hydrogen (secondary N) is 1. The molecule has 3 atom stereocenters. The number of hydrogen-bond acceptors (Lipinski definition) is 6. The summed E-state index contributed by atoms with van der Waals surface area (Å²) in [5, 5.41) is 9.39. The molecule has 3 aliphatic heterocycles. The summed E-state index contributed by atoms with van der Waals surface area (Å²) in [5.74, 6) is -0.430. The van der Waals surface area contributed by atoms with Gasteiger partial charge in [-0.3, -0.25) is 9.52 Å². The molecule has 3 fully saturated rings. The number of halogens is 1. The highest BCUT2D eigenvalue weighted by atomic mass is 35.5. The highest BCUT2D eigenvalue weighted by molar-refractivity contribution is 7.91. The fraction of sp³-hybridized carbons (Fsp3) is 0.304. The van der Waals surface area contributed by atoms with Crippen LogP contribution in [0.5, 0.6) is 0 Å². The van der Waals surface area contributed by atoms with Gasteiger partial charge in [0.15, 0.2) is 5.11 Å². The van der Waals surface area contributed by atoms with Gasteiger partial charge in [-0.15, -0.1) is 0 Å². The fourth-order valence-corrected chi connectivity index (χ4v) is 6.77. The summed E-state index contributed by atoms with van der Waals surface area (Å²) in [6.07, 6.45) is 0.509. The Hall–Kier alpha value is -3.20. The molecule has 2 aromatic rings. The Morgan fingerprint density at radius 3 is 2.51 bits per heavy atom. The lowest BCUT2D eigenvalue weighted by Gasteiger charge is -2.36. The molecule has 3 saturated heterocycles. The molecule has 3 aliphatic rings. The SMILES string of the molecule is Cc1ccc(S(=O)(=O)NC(=S)N2CC3CC2[C@@H]2C(=O)N(c4ccc(C#N)c(Cl)c4C)C(=O)N32)cc1. The Balaban J connectivity index is 1.39. The fourth-order valence-electron chi connectivity index (χ4n) is 5.07. The number of thiocarbonyl (C=S) groups is 1. The molecule has 0 aromatic heterocycles. The number of carbonyl (C=O) groups excluding carboxylic acids is 2. The largest absolute Gasteiger partial charge is 0.341 e. The van der Waals surface area contributed by atoms with Crippen LogP contribution in [0.25, 0.3) is 0 Å². The van der Waals surface area contributed by atoms with Gasteiger partial charge < -0.3 is 9.80 Å². The zero-order valence-electron chi connectivity index (χ0n) is 18.7. The minimum absolute atomic E-state index is 0.00554. The molecule has 3 heterocycles. The van der Waals surface area contributed by atoms with Crippen molar-refractivity contribution in [2.45, 2.75) is 43.3 Å². The number of piperazine rings is 1. The van der Waals surface area contributed by atoms with Crippen LogP contribution in [0, 0.1) is 25.2 Å². The van der Waals surface area contributed by atoms with Gasteiger partial charge in [0.05, 0.1) is 33.3 Å². The number of fused-ring (bicyclic) bond motifs is 5. The number of urea groups is 1. The second kappa shape index (κ2) is 8.19. The number of anilines is 1. The molecule has 35 heavy (non-hydrogen) atoms. The molecule has 180 valence electrons. The molecule has 1 N–H and O–H groups in total. The van der Waals surface area contributed by atoms with Crippen molar-refractivity contribution in [1.29, 1.82) is 5.26 Å². The van der Waals surface area contributed by atoms with Crippen molar-refractivity contribution in [3.8, 4) is 6.07 Å². The molecule has 12 heteroatoms. The van der Waals surface area contributed by atoms with Crippen molar-refractivity contribution in [3.63, 3.8) is 0 Å². The summed E-state index contributed by atoms with van der Waals surface area (Å²) in [6.45, 7) is 3.83. The molecule has 3 amide bonds.